The first-order valence-electron chi connectivity index (χ1n) is 9.47. The van der Waals surface area contributed by atoms with Crippen LogP contribution in [0.2, 0.25) is 10.0 Å². The van der Waals surface area contributed by atoms with Crippen molar-refractivity contribution < 1.29 is 9.59 Å². The van der Waals surface area contributed by atoms with Crippen molar-refractivity contribution in [2.45, 2.75) is 38.3 Å². The first kappa shape index (κ1) is 23.6. The summed E-state index contributed by atoms with van der Waals surface area (Å²) in [6.07, 6.45) is 0. The van der Waals surface area contributed by atoms with Gasteiger partial charge in [-0.1, -0.05) is 61.3 Å². The molecule has 0 unspecified atom stereocenters. The van der Waals surface area contributed by atoms with Gasteiger partial charge >= 0.3 is 0 Å². The second-order valence-corrected chi connectivity index (χ2v) is 9.07. The molecule has 1 N–H and O–H groups in total. The van der Waals surface area contributed by atoms with Crippen LogP contribution >= 0.6 is 35.0 Å². The highest BCUT2D eigenvalue weighted by Gasteiger charge is 2.26. The smallest absolute Gasteiger partial charge is 0.242 e. The zero-order chi connectivity index (χ0) is 21.4. The normalized spacial score (nSPS) is 11.9. The van der Waals surface area contributed by atoms with Gasteiger partial charge in [-0.25, -0.2) is 0 Å². The fourth-order valence-corrected chi connectivity index (χ4v) is 3.89. The molecule has 4 nitrogen and oxygen atoms in total. The SMILES string of the molecule is CC(C)CNC(=O)[C@H](C)N(Cc1ccc(Cl)cc1Cl)C(=O)CSc1ccccc1. The fourth-order valence-electron chi connectivity index (χ4n) is 2.61. The largest absolute Gasteiger partial charge is 0.354 e. The summed E-state index contributed by atoms with van der Waals surface area (Å²) in [5.41, 5.74) is 0.748. The minimum absolute atomic E-state index is 0.128. The number of hydrogen-bond acceptors (Lipinski definition) is 3. The Labute approximate surface area is 187 Å². The van der Waals surface area contributed by atoms with E-state index in [4.69, 9.17) is 23.2 Å². The highest BCUT2D eigenvalue weighted by molar-refractivity contribution is 8.00. The van der Waals surface area contributed by atoms with Gasteiger partial charge in [0, 0.05) is 28.0 Å². The van der Waals surface area contributed by atoms with Gasteiger partial charge in [0.25, 0.3) is 0 Å². The van der Waals surface area contributed by atoms with E-state index >= 15 is 0 Å². The van der Waals surface area contributed by atoms with E-state index in [9.17, 15) is 9.59 Å². The second kappa shape index (κ2) is 11.5. The molecule has 2 aromatic rings. The van der Waals surface area contributed by atoms with E-state index in [1.165, 1.54) is 11.8 Å². The monoisotopic (exact) mass is 452 g/mol. The van der Waals surface area contributed by atoms with Crippen molar-refractivity contribution in [1.82, 2.24) is 10.2 Å². The minimum atomic E-state index is -0.621. The highest BCUT2D eigenvalue weighted by atomic mass is 35.5. The van der Waals surface area contributed by atoms with Crippen LogP contribution in [0.4, 0.5) is 0 Å². The predicted octanol–water partition coefficient (Wildman–Crippen LogP) is 5.28. The Hall–Kier alpha value is -1.69. The Morgan fingerprint density at radius 1 is 1.07 bits per heavy atom. The molecule has 0 heterocycles. The number of thioether (sulfide) groups is 1. The summed E-state index contributed by atoms with van der Waals surface area (Å²) in [6, 6.07) is 14.2. The van der Waals surface area contributed by atoms with E-state index in [0.717, 1.165) is 10.5 Å². The summed E-state index contributed by atoms with van der Waals surface area (Å²) in [5.74, 6) is 0.255. The van der Waals surface area contributed by atoms with Gasteiger partial charge in [0.2, 0.25) is 11.8 Å². The molecule has 0 spiro atoms. The third kappa shape index (κ3) is 7.57. The van der Waals surface area contributed by atoms with E-state index < -0.39 is 6.04 Å². The Kier molecular flexibility index (Phi) is 9.34. The number of hydrogen-bond donors (Lipinski definition) is 1. The van der Waals surface area contributed by atoms with E-state index in [2.05, 4.69) is 5.32 Å². The Morgan fingerprint density at radius 2 is 1.76 bits per heavy atom. The molecule has 29 heavy (non-hydrogen) atoms. The van der Waals surface area contributed by atoms with Crippen LogP contribution in [0.1, 0.15) is 26.3 Å². The Morgan fingerprint density at radius 3 is 2.38 bits per heavy atom. The standard InChI is InChI=1S/C22H26Cl2N2O2S/c1-15(2)12-25-22(28)16(3)26(13-17-9-10-18(23)11-20(17)24)21(27)14-29-19-7-5-4-6-8-19/h4-11,15-16H,12-14H2,1-3H3,(H,25,28)/t16-/m0/s1. The van der Waals surface area contributed by atoms with Crippen LogP contribution in [0, 0.1) is 5.92 Å². The number of nitrogens with one attached hydrogen (secondary N) is 1. The van der Waals surface area contributed by atoms with Crippen LogP contribution in [0.3, 0.4) is 0 Å². The van der Waals surface area contributed by atoms with Crippen molar-refractivity contribution in [3.63, 3.8) is 0 Å². The Balaban J connectivity index is 2.16. The zero-order valence-corrected chi connectivity index (χ0v) is 19.2. The quantitative estimate of drug-likeness (QED) is 0.526. The molecule has 156 valence electrons. The molecule has 0 saturated heterocycles. The van der Waals surface area contributed by atoms with Crippen molar-refractivity contribution in [2.75, 3.05) is 12.3 Å². The highest BCUT2D eigenvalue weighted by Crippen LogP contribution is 2.24. The van der Waals surface area contributed by atoms with Gasteiger partial charge in [0.05, 0.1) is 5.75 Å². The lowest BCUT2D eigenvalue weighted by Crippen LogP contribution is -2.48. The fraction of sp³-hybridized carbons (Fsp3) is 0.364. The molecule has 0 saturated carbocycles. The number of benzene rings is 2. The molecule has 7 heteroatoms. The lowest BCUT2D eigenvalue weighted by atomic mass is 10.1. The molecule has 2 aromatic carbocycles. The summed E-state index contributed by atoms with van der Waals surface area (Å²) >= 11 is 13.7. The zero-order valence-electron chi connectivity index (χ0n) is 16.8. The summed E-state index contributed by atoms with van der Waals surface area (Å²) in [6.45, 7) is 6.59. The summed E-state index contributed by atoms with van der Waals surface area (Å²) < 4.78 is 0. The molecule has 2 amide bonds. The molecule has 0 bridgehead atoms. The molecular weight excluding hydrogens is 427 g/mol. The molecular formula is C22H26Cl2N2O2S. The van der Waals surface area contributed by atoms with Gasteiger partial charge in [-0.2, -0.15) is 0 Å². The van der Waals surface area contributed by atoms with Gasteiger partial charge in [-0.3, -0.25) is 9.59 Å². The molecule has 0 aliphatic heterocycles. The van der Waals surface area contributed by atoms with Gasteiger partial charge in [0.1, 0.15) is 6.04 Å². The molecule has 1 atom stereocenters. The van der Waals surface area contributed by atoms with E-state index in [-0.39, 0.29) is 24.1 Å². The van der Waals surface area contributed by atoms with Crippen LogP contribution in [0.5, 0.6) is 0 Å². The first-order valence-corrected chi connectivity index (χ1v) is 11.2. The number of halogens is 2. The molecule has 0 aromatic heterocycles. The average molecular weight is 453 g/mol. The van der Waals surface area contributed by atoms with Crippen LogP contribution in [-0.2, 0) is 16.1 Å². The van der Waals surface area contributed by atoms with Gasteiger partial charge in [-0.05, 0) is 42.7 Å². The van der Waals surface area contributed by atoms with Crippen LogP contribution in [-0.4, -0.2) is 35.1 Å². The lowest BCUT2D eigenvalue weighted by molar-refractivity contribution is -0.138. The number of carbonyl (C=O) groups excluding carboxylic acids is 2. The van der Waals surface area contributed by atoms with E-state index in [0.29, 0.717) is 22.5 Å². The first-order chi connectivity index (χ1) is 13.8. The van der Waals surface area contributed by atoms with Gasteiger partial charge < -0.3 is 10.2 Å². The van der Waals surface area contributed by atoms with Crippen LogP contribution < -0.4 is 5.32 Å². The molecule has 0 aliphatic carbocycles. The Bertz CT molecular complexity index is 831. The van der Waals surface area contributed by atoms with Crippen molar-refractivity contribution in [3.8, 4) is 0 Å². The molecule has 0 fully saturated rings. The van der Waals surface area contributed by atoms with E-state index in [1.807, 2.05) is 44.2 Å². The second-order valence-electron chi connectivity index (χ2n) is 7.17. The third-order valence-corrected chi connectivity index (χ3v) is 5.90. The topological polar surface area (TPSA) is 49.4 Å². The summed E-state index contributed by atoms with van der Waals surface area (Å²) in [7, 11) is 0. The van der Waals surface area contributed by atoms with E-state index in [1.54, 1.807) is 30.0 Å². The maximum Gasteiger partial charge on any atom is 0.242 e. The average Bonchev–Trinajstić information content (AvgIpc) is 2.70. The number of rotatable bonds is 9. The molecule has 0 radical (unpaired) electrons. The van der Waals surface area contributed by atoms with Gasteiger partial charge in [-0.15, -0.1) is 11.8 Å². The predicted molar refractivity (Wildman–Crippen MR) is 121 cm³/mol. The number of carbonyl (C=O) groups is 2. The summed E-state index contributed by atoms with van der Waals surface area (Å²) in [4.78, 5) is 28.2. The number of nitrogens with zero attached hydrogens (tertiary/aromatic N) is 1. The third-order valence-electron chi connectivity index (χ3n) is 4.31. The molecule has 0 aliphatic rings. The van der Waals surface area contributed by atoms with Crippen molar-refractivity contribution in [2.24, 2.45) is 5.92 Å². The maximum absolute atomic E-state index is 13.0. The van der Waals surface area contributed by atoms with Gasteiger partial charge in [0.15, 0.2) is 0 Å². The maximum atomic E-state index is 13.0. The lowest BCUT2D eigenvalue weighted by Gasteiger charge is -2.29. The summed E-state index contributed by atoms with van der Waals surface area (Å²) in [5, 5.41) is 3.91. The number of amides is 2. The van der Waals surface area contributed by atoms with Crippen molar-refractivity contribution in [1.29, 1.82) is 0 Å². The molecule has 2 rings (SSSR count). The van der Waals surface area contributed by atoms with Crippen molar-refractivity contribution in [3.05, 3.63) is 64.1 Å². The van der Waals surface area contributed by atoms with Crippen molar-refractivity contribution >= 4 is 46.8 Å². The van der Waals surface area contributed by atoms with Crippen LogP contribution in [0.15, 0.2) is 53.4 Å². The minimum Gasteiger partial charge on any atom is -0.354 e. The van der Waals surface area contributed by atoms with Crippen LogP contribution in [0.25, 0.3) is 0 Å².